The van der Waals surface area contributed by atoms with E-state index < -0.39 is 0 Å². The van der Waals surface area contributed by atoms with Crippen molar-refractivity contribution >= 4 is 17.2 Å². The van der Waals surface area contributed by atoms with Crippen LogP contribution in [0.25, 0.3) is 0 Å². The number of aliphatic hydroxyl groups is 1. The molecule has 3 nitrogen and oxygen atoms in total. The van der Waals surface area contributed by atoms with Crippen molar-refractivity contribution in [1.82, 2.24) is 4.90 Å². The number of rotatable bonds is 4. The monoisotopic (exact) mass is 213 g/mol. The van der Waals surface area contributed by atoms with Gasteiger partial charge in [0.2, 0.25) is 5.91 Å². The smallest absolute Gasteiger partial charge is 0.227 e. The molecule has 1 aromatic heterocycles. The van der Waals surface area contributed by atoms with Gasteiger partial charge in [0.05, 0.1) is 19.1 Å². The predicted molar refractivity (Wildman–Crippen MR) is 57.3 cm³/mol. The van der Waals surface area contributed by atoms with Gasteiger partial charge in [0, 0.05) is 7.05 Å². The molecule has 0 radical (unpaired) electrons. The minimum absolute atomic E-state index is 0.00583. The lowest BCUT2D eigenvalue weighted by Gasteiger charge is -2.22. The molecule has 14 heavy (non-hydrogen) atoms. The van der Waals surface area contributed by atoms with Gasteiger partial charge in [-0.3, -0.25) is 4.79 Å². The largest absolute Gasteiger partial charge is 0.394 e. The summed E-state index contributed by atoms with van der Waals surface area (Å²) in [6.45, 7) is 1.83. The lowest BCUT2D eigenvalue weighted by molar-refractivity contribution is -0.131. The van der Waals surface area contributed by atoms with Crippen LogP contribution in [0.5, 0.6) is 0 Å². The molecule has 0 spiro atoms. The van der Waals surface area contributed by atoms with Gasteiger partial charge in [-0.25, -0.2) is 0 Å². The van der Waals surface area contributed by atoms with Crippen LogP contribution in [0.2, 0.25) is 0 Å². The van der Waals surface area contributed by atoms with Gasteiger partial charge < -0.3 is 10.0 Å². The van der Waals surface area contributed by atoms with Crippen LogP contribution in [-0.2, 0) is 11.2 Å². The van der Waals surface area contributed by atoms with Gasteiger partial charge in [0.1, 0.15) is 0 Å². The third-order valence-corrected chi connectivity index (χ3v) is 2.99. The summed E-state index contributed by atoms with van der Waals surface area (Å²) in [5, 5.41) is 12.8. The third-order valence-electron chi connectivity index (χ3n) is 2.25. The van der Waals surface area contributed by atoms with Crippen LogP contribution in [0.1, 0.15) is 12.5 Å². The van der Waals surface area contributed by atoms with Crippen LogP contribution in [0.3, 0.4) is 0 Å². The van der Waals surface area contributed by atoms with Crippen LogP contribution in [0, 0.1) is 0 Å². The lowest BCUT2D eigenvalue weighted by Crippen LogP contribution is -2.38. The molecule has 0 fully saturated rings. The van der Waals surface area contributed by atoms with Gasteiger partial charge >= 0.3 is 0 Å². The van der Waals surface area contributed by atoms with Crippen molar-refractivity contribution in [2.24, 2.45) is 0 Å². The molecule has 1 unspecified atom stereocenters. The molecule has 4 heteroatoms. The van der Waals surface area contributed by atoms with Crippen LogP contribution in [0.15, 0.2) is 16.8 Å². The molecule has 0 aromatic carbocycles. The van der Waals surface area contributed by atoms with Gasteiger partial charge in [-0.1, -0.05) is 0 Å². The first-order valence-electron chi connectivity index (χ1n) is 4.52. The Morgan fingerprint density at radius 1 is 1.71 bits per heavy atom. The van der Waals surface area contributed by atoms with E-state index in [2.05, 4.69) is 0 Å². The quantitative estimate of drug-likeness (QED) is 0.814. The molecule has 1 atom stereocenters. The molecule has 0 saturated carbocycles. The number of carbonyl (C=O) groups excluding carboxylic acids is 1. The number of aliphatic hydroxyl groups excluding tert-OH is 1. The normalized spacial score (nSPS) is 12.5. The fourth-order valence-electron chi connectivity index (χ4n) is 1.06. The Bertz CT molecular complexity index is 284. The van der Waals surface area contributed by atoms with E-state index >= 15 is 0 Å². The fraction of sp³-hybridized carbons (Fsp3) is 0.500. The minimum Gasteiger partial charge on any atom is -0.394 e. The number of hydrogen-bond acceptors (Lipinski definition) is 3. The topological polar surface area (TPSA) is 40.5 Å². The lowest BCUT2D eigenvalue weighted by atomic mass is 10.2. The summed E-state index contributed by atoms with van der Waals surface area (Å²) in [5.41, 5.74) is 1.04. The van der Waals surface area contributed by atoms with E-state index in [0.717, 1.165) is 5.56 Å². The average Bonchev–Trinajstić information content (AvgIpc) is 2.68. The second-order valence-electron chi connectivity index (χ2n) is 3.34. The molecule has 1 amide bonds. The van der Waals surface area contributed by atoms with E-state index in [4.69, 9.17) is 5.11 Å². The molecule has 1 rings (SSSR count). The summed E-state index contributed by atoms with van der Waals surface area (Å²) in [7, 11) is 1.72. The first kappa shape index (κ1) is 11.2. The minimum atomic E-state index is -0.110. The van der Waals surface area contributed by atoms with Crippen LogP contribution in [0.4, 0.5) is 0 Å². The van der Waals surface area contributed by atoms with Crippen molar-refractivity contribution in [3.63, 3.8) is 0 Å². The SMILES string of the molecule is CC(CO)N(C)C(=O)Cc1ccsc1. The van der Waals surface area contributed by atoms with Crippen molar-refractivity contribution < 1.29 is 9.90 Å². The molecule has 0 bridgehead atoms. The van der Waals surface area contributed by atoms with Crippen molar-refractivity contribution in [3.8, 4) is 0 Å². The Balaban J connectivity index is 2.50. The first-order valence-corrected chi connectivity index (χ1v) is 5.47. The Morgan fingerprint density at radius 3 is 2.93 bits per heavy atom. The Labute approximate surface area is 88.0 Å². The second kappa shape index (κ2) is 5.12. The molecule has 0 saturated heterocycles. The highest BCUT2D eigenvalue weighted by Gasteiger charge is 2.14. The summed E-state index contributed by atoms with van der Waals surface area (Å²) in [4.78, 5) is 13.2. The maximum absolute atomic E-state index is 11.6. The van der Waals surface area contributed by atoms with Gasteiger partial charge in [-0.05, 0) is 29.3 Å². The summed E-state index contributed by atoms with van der Waals surface area (Å²) in [5.74, 6) is 0.0463. The maximum Gasteiger partial charge on any atom is 0.227 e. The van der Waals surface area contributed by atoms with Crippen molar-refractivity contribution in [2.45, 2.75) is 19.4 Å². The zero-order valence-electron chi connectivity index (χ0n) is 8.43. The zero-order chi connectivity index (χ0) is 10.6. The van der Waals surface area contributed by atoms with Gasteiger partial charge in [0.15, 0.2) is 0 Å². The highest BCUT2D eigenvalue weighted by Crippen LogP contribution is 2.08. The van der Waals surface area contributed by atoms with Crippen molar-refractivity contribution in [1.29, 1.82) is 0 Å². The van der Waals surface area contributed by atoms with E-state index in [0.29, 0.717) is 6.42 Å². The Hall–Kier alpha value is -0.870. The first-order chi connectivity index (χ1) is 6.65. The van der Waals surface area contributed by atoms with Crippen molar-refractivity contribution in [3.05, 3.63) is 22.4 Å². The van der Waals surface area contributed by atoms with Crippen LogP contribution in [-0.4, -0.2) is 35.6 Å². The number of amides is 1. The second-order valence-corrected chi connectivity index (χ2v) is 4.12. The van der Waals surface area contributed by atoms with Gasteiger partial charge in [-0.15, -0.1) is 0 Å². The van der Waals surface area contributed by atoms with E-state index in [1.807, 2.05) is 23.8 Å². The summed E-state index contributed by atoms with van der Waals surface area (Å²) in [6, 6.07) is 1.83. The molecule has 0 aliphatic heterocycles. The molecule has 0 aliphatic rings. The van der Waals surface area contributed by atoms with E-state index in [-0.39, 0.29) is 18.6 Å². The number of hydrogen-bond donors (Lipinski definition) is 1. The molecular weight excluding hydrogens is 198 g/mol. The van der Waals surface area contributed by atoms with Crippen molar-refractivity contribution in [2.75, 3.05) is 13.7 Å². The number of likely N-dealkylation sites (N-methyl/N-ethyl adjacent to an activating group) is 1. The van der Waals surface area contributed by atoms with Gasteiger partial charge in [-0.2, -0.15) is 11.3 Å². The molecule has 78 valence electrons. The molecule has 1 heterocycles. The Morgan fingerprint density at radius 2 is 2.43 bits per heavy atom. The zero-order valence-corrected chi connectivity index (χ0v) is 9.25. The molecule has 0 aliphatic carbocycles. The maximum atomic E-state index is 11.6. The summed E-state index contributed by atoms with van der Waals surface area (Å²) < 4.78 is 0. The third kappa shape index (κ3) is 2.82. The molecule has 1 aromatic rings. The van der Waals surface area contributed by atoms with Crippen LogP contribution >= 0.6 is 11.3 Å². The standard InChI is InChI=1S/C10H15NO2S/c1-8(6-12)11(2)10(13)5-9-3-4-14-7-9/h3-4,7-8,12H,5-6H2,1-2H3. The molecular formula is C10H15NO2S. The predicted octanol–water partition coefficient (Wildman–Crippen LogP) is 1.13. The summed E-state index contributed by atoms with van der Waals surface area (Å²) >= 11 is 1.59. The van der Waals surface area contributed by atoms with E-state index in [9.17, 15) is 4.79 Å². The summed E-state index contributed by atoms with van der Waals surface area (Å²) in [6.07, 6.45) is 0.421. The Kier molecular flexibility index (Phi) is 4.10. The fourth-order valence-corrected chi connectivity index (χ4v) is 1.73. The van der Waals surface area contributed by atoms with E-state index in [1.165, 1.54) is 0 Å². The van der Waals surface area contributed by atoms with Gasteiger partial charge in [0.25, 0.3) is 0 Å². The number of thiophene rings is 1. The highest BCUT2D eigenvalue weighted by molar-refractivity contribution is 7.07. The highest BCUT2D eigenvalue weighted by atomic mass is 32.1. The number of nitrogens with zero attached hydrogens (tertiary/aromatic N) is 1. The average molecular weight is 213 g/mol. The van der Waals surface area contributed by atoms with Crippen LogP contribution < -0.4 is 0 Å². The molecule has 1 N–H and O–H groups in total. The number of carbonyl (C=O) groups is 1. The van der Waals surface area contributed by atoms with E-state index in [1.54, 1.807) is 23.3 Å².